The van der Waals surface area contributed by atoms with Gasteiger partial charge in [0, 0.05) is 0 Å². The molecule has 0 fully saturated rings. The van der Waals surface area contributed by atoms with Crippen LogP contribution in [0, 0.1) is 0 Å². The molecule has 2 aromatic rings. The summed E-state index contributed by atoms with van der Waals surface area (Å²) in [7, 11) is 0. The smallest absolute Gasteiger partial charge is 0.327 e. The third-order valence-corrected chi connectivity index (χ3v) is 1.33. The van der Waals surface area contributed by atoms with E-state index in [1.165, 1.54) is 6.33 Å². The van der Waals surface area contributed by atoms with Crippen LogP contribution in [0.15, 0.2) is 15.9 Å². The molecule has 0 amide bonds. The van der Waals surface area contributed by atoms with Gasteiger partial charge in [0.1, 0.15) is 5.52 Å². The van der Waals surface area contributed by atoms with Crippen molar-refractivity contribution in [1.82, 2.24) is 19.9 Å². The summed E-state index contributed by atoms with van der Waals surface area (Å²) in [6, 6.07) is 0. The lowest BCUT2D eigenvalue weighted by molar-refractivity contribution is 1.07. The zero-order valence-electron chi connectivity index (χ0n) is 5.34. The van der Waals surface area contributed by atoms with Gasteiger partial charge < -0.3 is 4.98 Å². The highest BCUT2D eigenvalue weighted by molar-refractivity contribution is 5.67. The molecule has 6 heteroatoms. The summed E-state index contributed by atoms with van der Waals surface area (Å²) >= 11 is 0. The molecule has 0 saturated heterocycles. The Labute approximate surface area is 59.3 Å². The van der Waals surface area contributed by atoms with E-state index in [0.717, 1.165) is 0 Å². The number of rotatable bonds is 0. The number of H-pyrrole nitrogens is 3. The van der Waals surface area contributed by atoms with E-state index in [4.69, 9.17) is 0 Å². The van der Waals surface area contributed by atoms with Crippen LogP contribution in [0.3, 0.4) is 0 Å². The second-order valence-electron chi connectivity index (χ2n) is 2.03. The second kappa shape index (κ2) is 1.82. The highest BCUT2D eigenvalue weighted by Crippen LogP contribution is 1.92. The van der Waals surface area contributed by atoms with E-state index < -0.39 is 11.2 Å². The number of imidazole rings is 1. The minimum Gasteiger partial charge on any atom is -0.339 e. The van der Waals surface area contributed by atoms with Crippen molar-refractivity contribution in [2.24, 2.45) is 0 Å². The monoisotopic (exact) mass is 153 g/mol. The van der Waals surface area contributed by atoms with E-state index in [2.05, 4.69) is 19.9 Å². The molecule has 2 rings (SSSR count). The molecular weight excluding hydrogens is 149 g/mol. The van der Waals surface area contributed by atoms with Crippen LogP contribution in [0.1, 0.15) is 0 Å². The van der Waals surface area contributed by atoms with Gasteiger partial charge in [-0.25, -0.2) is 9.78 Å². The van der Waals surface area contributed by atoms with Crippen LogP contribution in [0.25, 0.3) is 11.2 Å². The summed E-state index contributed by atoms with van der Waals surface area (Å²) in [5, 5.41) is 0. The molecule has 0 atom stereocenters. The summed E-state index contributed by atoms with van der Waals surface area (Å²) in [6.07, 6.45) is 1.34. The van der Waals surface area contributed by atoms with Crippen LogP contribution in [-0.4, -0.2) is 19.9 Å². The van der Waals surface area contributed by atoms with Gasteiger partial charge in [-0.1, -0.05) is 0 Å². The normalized spacial score (nSPS) is 10.5. The maximum absolute atomic E-state index is 10.9. The van der Waals surface area contributed by atoms with Crippen LogP contribution >= 0.6 is 0 Å². The average Bonchev–Trinajstić information content (AvgIpc) is 2.34. The van der Waals surface area contributed by atoms with Crippen molar-refractivity contribution in [3.8, 4) is 0 Å². The van der Waals surface area contributed by atoms with Crippen molar-refractivity contribution in [2.75, 3.05) is 0 Å². The lowest BCUT2D eigenvalue weighted by Crippen LogP contribution is -2.21. The first-order valence-corrected chi connectivity index (χ1v) is 2.93. The van der Waals surface area contributed by atoms with Gasteiger partial charge in [-0.3, -0.25) is 14.8 Å². The Balaban J connectivity index is 3.15. The van der Waals surface area contributed by atoms with Crippen molar-refractivity contribution in [3.05, 3.63) is 27.2 Å². The molecule has 2 aromatic heterocycles. The minimum atomic E-state index is -0.547. The van der Waals surface area contributed by atoms with Gasteiger partial charge in [0.2, 0.25) is 0 Å². The molecule has 0 saturated carbocycles. The van der Waals surface area contributed by atoms with E-state index in [9.17, 15) is 9.59 Å². The van der Waals surface area contributed by atoms with Crippen molar-refractivity contribution < 1.29 is 0 Å². The molecular formula is C5H4N4O2. The van der Waals surface area contributed by atoms with Crippen molar-refractivity contribution in [2.45, 2.75) is 0 Å². The molecule has 0 aliphatic rings. The minimum absolute atomic E-state index is 0.277. The Bertz CT molecular complexity index is 491. The summed E-state index contributed by atoms with van der Waals surface area (Å²) < 4.78 is 0. The fraction of sp³-hybridized carbons (Fsp3) is 0. The summed E-state index contributed by atoms with van der Waals surface area (Å²) in [4.78, 5) is 32.3. The van der Waals surface area contributed by atoms with Gasteiger partial charge in [0.25, 0.3) is 5.56 Å². The zero-order valence-corrected chi connectivity index (χ0v) is 5.34. The van der Waals surface area contributed by atoms with Crippen molar-refractivity contribution in [3.63, 3.8) is 0 Å². The van der Waals surface area contributed by atoms with Gasteiger partial charge in [-0.15, -0.1) is 0 Å². The largest absolute Gasteiger partial charge is 0.339 e. The topological polar surface area (TPSA) is 94.4 Å². The molecule has 0 aromatic carbocycles. The third kappa shape index (κ3) is 0.759. The van der Waals surface area contributed by atoms with E-state index in [1.807, 2.05) is 0 Å². The van der Waals surface area contributed by atoms with E-state index in [0.29, 0.717) is 0 Å². The van der Waals surface area contributed by atoms with Gasteiger partial charge in [-0.05, 0) is 0 Å². The summed E-state index contributed by atoms with van der Waals surface area (Å²) in [5.41, 5.74) is -0.445. The first-order valence-electron chi connectivity index (χ1n) is 2.93. The highest BCUT2D eigenvalue weighted by Gasteiger charge is 1.99. The lowest BCUT2D eigenvalue weighted by Gasteiger charge is -1.83. The molecule has 6 nitrogen and oxygen atoms in total. The predicted molar refractivity (Wildman–Crippen MR) is 37.3 cm³/mol. The van der Waals surface area contributed by atoms with Crippen LogP contribution in [0.2, 0.25) is 0 Å². The number of aromatic nitrogens is 4. The van der Waals surface area contributed by atoms with Gasteiger partial charge in [0.05, 0.1) is 6.33 Å². The first-order chi connectivity index (χ1) is 5.27. The quantitative estimate of drug-likeness (QED) is 0.450. The maximum atomic E-state index is 10.9. The Hall–Kier alpha value is -1.85. The number of nitrogens with one attached hydrogen (secondary N) is 3. The molecule has 56 valence electrons. The Morgan fingerprint density at radius 2 is 2.09 bits per heavy atom. The molecule has 0 aliphatic carbocycles. The molecule has 2 heterocycles. The number of hydrogen-bond acceptors (Lipinski definition) is 3. The van der Waals surface area contributed by atoms with Gasteiger partial charge >= 0.3 is 5.69 Å². The second-order valence-corrected chi connectivity index (χ2v) is 2.03. The molecule has 0 radical (unpaired) electrons. The Morgan fingerprint density at radius 3 is 2.91 bits per heavy atom. The zero-order chi connectivity index (χ0) is 7.84. The van der Waals surface area contributed by atoms with E-state index in [-0.39, 0.29) is 11.2 Å². The number of nitrogens with zero attached hydrogens (tertiary/aromatic N) is 1. The summed E-state index contributed by atoms with van der Waals surface area (Å²) in [5.74, 6) is 0. The van der Waals surface area contributed by atoms with Crippen LogP contribution in [0.5, 0.6) is 0 Å². The molecule has 0 bridgehead atoms. The summed E-state index contributed by atoms with van der Waals surface area (Å²) in [6.45, 7) is 0. The van der Waals surface area contributed by atoms with Gasteiger partial charge in [0.15, 0.2) is 5.65 Å². The average molecular weight is 153 g/mol. The number of fused-ring (bicyclic) bond motifs is 1. The molecule has 11 heavy (non-hydrogen) atoms. The highest BCUT2D eigenvalue weighted by atomic mass is 16.2. The maximum Gasteiger partial charge on any atom is 0.327 e. The first kappa shape index (κ1) is 5.90. The van der Waals surface area contributed by atoms with E-state index in [1.54, 1.807) is 0 Å². The molecule has 3 N–H and O–H groups in total. The lowest BCUT2D eigenvalue weighted by atomic mass is 10.5. The van der Waals surface area contributed by atoms with Crippen molar-refractivity contribution in [1.29, 1.82) is 0 Å². The van der Waals surface area contributed by atoms with Crippen LogP contribution in [0.4, 0.5) is 0 Å². The predicted octanol–water partition coefficient (Wildman–Crippen LogP) is -1.06. The Kier molecular flexibility index (Phi) is 0.974. The number of hydrogen-bond donors (Lipinski definition) is 3. The molecule has 0 aliphatic heterocycles. The van der Waals surface area contributed by atoms with Crippen LogP contribution < -0.4 is 11.2 Å². The standard InChI is InChI=1S/C5H4N4O2/c10-4-2-3(7-1-6-2)8-5(11)9-4/h1H,(H3,6,7,8,9,10,11)/i1+1. The van der Waals surface area contributed by atoms with Gasteiger partial charge in [-0.2, -0.15) is 0 Å². The third-order valence-electron chi connectivity index (χ3n) is 1.33. The molecule has 0 unspecified atom stereocenters. The fourth-order valence-electron chi connectivity index (χ4n) is 0.867. The SMILES string of the molecule is O=c1[nH]c(=O)c2[nH][13cH]nc2[nH]1. The number of aromatic amines is 3. The Morgan fingerprint density at radius 1 is 1.27 bits per heavy atom. The van der Waals surface area contributed by atoms with E-state index >= 15 is 0 Å². The van der Waals surface area contributed by atoms with Crippen molar-refractivity contribution >= 4 is 11.2 Å². The fourth-order valence-corrected chi connectivity index (χ4v) is 0.867. The van der Waals surface area contributed by atoms with Crippen LogP contribution in [-0.2, 0) is 0 Å². The molecule has 0 spiro atoms.